The topological polar surface area (TPSA) is 40.1 Å². The smallest absolute Gasteiger partial charge is 0.193 e. The van der Waals surface area contributed by atoms with Crippen LogP contribution in [0.3, 0.4) is 0 Å². The van der Waals surface area contributed by atoms with Gasteiger partial charge in [-0.3, -0.25) is 9.89 Å². The number of guanidine groups is 1. The van der Waals surface area contributed by atoms with E-state index in [4.69, 9.17) is 9.73 Å². The summed E-state index contributed by atoms with van der Waals surface area (Å²) in [6, 6.07) is 0.830. The highest BCUT2D eigenvalue weighted by Crippen LogP contribution is 2.28. The molecule has 0 aromatic heterocycles. The van der Waals surface area contributed by atoms with Crippen LogP contribution < -0.4 is 5.32 Å². The van der Waals surface area contributed by atoms with Crippen molar-refractivity contribution in [1.82, 2.24) is 15.1 Å². The summed E-state index contributed by atoms with van der Waals surface area (Å²) < 4.78 is 5.72. The van der Waals surface area contributed by atoms with Crippen molar-refractivity contribution >= 4 is 5.96 Å². The van der Waals surface area contributed by atoms with Gasteiger partial charge in [-0.15, -0.1) is 0 Å². The zero-order valence-electron chi connectivity index (χ0n) is 14.7. The summed E-state index contributed by atoms with van der Waals surface area (Å²) in [7, 11) is 2.10. The molecule has 0 bridgehead atoms. The monoisotopic (exact) mass is 310 g/mol. The maximum Gasteiger partial charge on any atom is 0.193 e. The van der Waals surface area contributed by atoms with Crippen LogP contribution in [0.4, 0.5) is 0 Å². The largest absolute Gasteiger partial charge is 0.379 e. The average molecular weight is 310 g/mol. The number of hydrogen-bond acceptors (Lipinski definition) is 3. The molecule has 2 aliphatic carbocycles. The van der Waals surface area contributed by atoms with E-state index in [-0.39, 0.29) is 0 Å². The minimum Gasteiger partial charge on any atom is -0.379 e. The molecule has 0 aliphatic heterocycles. The van der Waals surface area contributed by atoms with Gasteiger partial charge in [0.1, 0.15) is 0 Å². The Labute approximate surface area is 136 Å². The van der Waals surface area contributed by atoms with E-state index < -0.39 is 0 Å². The first-order valence-corrected chi connectivity index (χ1v) is 9.05. The molecule has 128 valence electrons. The van der Waals surface area contributed by atoms with Gasteiger partial charge >= 0.3 is 0 Å². The Morgan fingerprint density at radius 3 is 2.55 bits per heavy atom. The molecule has 0 atom stereocenters. The second kappa shape index (κ2) is 9.36. The third-order valence-electron chi connectivity index (χ3n) is 4.44. The number of likely N-dealkylation sites (N-methyl/N-ethyl adjacent to an activating group) is 2. The van der Waals surface area contributed by atoms with Gasteiger partial charge in [-0.05, 0) is 45.1 Å². The fourth-order valence-corrected chi connectivity index (χ4v) is 2.63. The Morgan fingerprint density at radius 2 is 1.95 bits per heavy atom. The third kappa shape index (κ3) is 6.53. The molecule has 5 heteroatoms. The van der Waals surface area contributed by atoms with Gasteiger partial charge in [-0.1, -0.05) is 6.92 Å². The summed E-state index contributed by atoms with van der Waals surface area (Å²) in [4.78, 5) is 9.50. The van der Waals surface area contributed by atoms with Crippen LogP contribution in [0.25, 0.3) is 0 Å². The van der Waals surface area contributed by atoms with E-state index in [0.717, 1.165) is 63.9 Å². The quantitative estimate of drug-likeness (QED) is 0.359. The van der Waals surface area contributed by atoms with Gasteiger partial charge in [-0.2, -0.15) is 0 Å². The van der Waals surface area contributed by atoms with Crippen LogP contribution >= 0.6 is 0 Å². The predicted octanol–water partition coefficient (Wildman–Crippen LogP) is 1.79. The summed E-state index contributed by atoms with van der Waals surface area (Å²) in [6.07, 6.45) is 5.45. The Hall–Kier alpha value is -0.810. The fraction of sp³-hybridized carbons (Fsp3) is 0.941. The third-order valence-corrected chi connectivity index (χ3v) is 4.44. The molecule has 0 spiro atoms. The first-order valence-electron chi connectivity index (χ1n) is 9.05. The number of nitrogens with zero attached hydrogens (tertiary/aromatic N) is 3. The second-order valence-electron chi connectivity index (χ2n) is 6.54. The molecule has 1 N–H and O–H groups in total. The SMILES string of the molecule is CCNC(=NCCN(CC)C1CC1)N(C)CCOCC1CC1. The van der Waals surface area contributed by atoms with Crippen molar-refractivity contribution < 1.29 is 4.74 Å². The molecular formula is C17H34N4O. The van der Waals surface area contributed by atoms with Crippen LogP contribution in [0.2, 0.25) is 0 Å². The average Bonchev–Trinajstić information content (AvgIpc) is 3.39. The first-order chi connectivity index (χ1) is 10.7. The number of ether oxygens (including phenoxy) is 1. The lowest BCUT2D eigenvalue weighted by molar-refractivity contribution is 0.115. The number of aliphatic imine (C=N–C) groups is 1. The second-order valence-corrected chi connectivity index (χ2v) is 6.54. The lowest BCUT2D eigenvalue weighted by atomic mass is 10.4. The van der Waals surface area contributed by atoms with Crippen molar-refractivity contribution in [2.45, 2.75) is 45.6 Å². The zero-order chi connectivity index (χ0) is 15.8. The van der Waals surface area contributed by atoms with E-state index in [1.54, 1.807) is 0 Å². The van der Waals surface area contributed by atoms with Gasteiger partial charge in [0.25, 0.3) is 0 Å². The first kappa shape index (κ1) is 17.5. The number of rotatable bonds is 11. The van der Waals surface area contributed by atoms with Gasteiger partial charge in [0, 0.05) is 39.3 Å². The molecule has 0 aromatic rings. The number of nitrogens with one attached hydrogen (secondary N) is 1. The molecule has 2 fully saturated rings. The van der Waals surface area contributed by atoms with Crippen molar-refractivity contribution in [3.8, 4) is 0 Å². The summed E-state index contributed by atoms with van der Waals surface area (Å²) >= 11 is 0. The molecule has 0 aromatic carbocycles. The van der Waals surface area contributed by atoms with Crippen LogP contribution in [-0.4, -0.2) is 74.8 Å². The molecule has 2 aliphatic rings. The Morgan fingerprint density at radius 1 is 1.18 bits per heavy atom. The van der Waals surface area contributed by atoms with Gasteiger partial charge < -0.3 is 15.0 Å². The van der Waals surface area contributed by atoms with Crippen LogP contribution in [0.5, 0.6) is 0 Å². The highest BCUT2D eigenvalue weighted by atomic mass is 16.5. The van der Waals surface area contributed by atoms with Gasteiger partial charge in [-0.25, -0.2) is 0 Å². The Kier molecular flexibility index (Phi) is 7.46. The molecular weight excluding hydrogens is 276 g/mol. The summed E-state index contributed by atoms with van der Waals surface area (Å²) in [5, 5.41) is 3.38. The number of hydrogen-bond donors (Lipinski definition) is 1. The van der Waals surface area contributed by atoms with E-state index in [1.165, 1.54) is 25.7 Å². The fourth-order valence-electron chi connectivity index (χ4n) is 2.63. The predicted molar refractivity (Wildman–Crippen MR) is 92.4 cm³/mol. The summed E-state index contributed by atoms with van der Waals surface area (Å²) in [5.41, 5.74) is 0. The van der Waals surface area contributed by atoms with Crippen molar-refractivity contribution in [3.05, 3.63) is 0 Å². The maximum absolute atomic E-state index is 5.72. The molecule has 0 radical (unpaired) electrons. The highest BCUT2D eigenvalue weighted by Gasteiger charge is 2.27. The van der Waals surface area contributed by atoms with Crippen molar-refractivity contribution in [1.29, 1.82) is 0 Å². The summed E-state index contributed by atoms with van der Waals surface area (Å²) in [5.74, 6) is 1.85. The van der Waals surface area contributed by atoms with Gasteiger partial charge in [0.15, 0.2) is 5.96 Å². The van der Waals surface area contributed by atoms with E-state index in [9.17, 15) is 0 Å². The van der Waals surface area contributed by atoms with Crippen molar-refractivity contribution in [2.75, 3.05) is 53.0 Å². The van der Waals surface area contributed by atoms with E-state index in [0.29, 0.717) is 0 Å². The Bertz CT molecular complexity index is 340. The Balaban J connectivity index is 1.67. The van der Waals surface area contributed by atoms with Crippen molar-refractivity contribution in [2.24, 2.45) is 10.9 Å². The van der Waals surface area contributed by atoms with Crippen LogP contribution in [-0.2, 0) is 4.74 Å². The van der Waals surface area contributed by atoms with Crippen LogP contribution in [0, 0.1) is 5.92 Å². The van der Waals surface area contributed by atoms with Crippen LogP contribution in [0.1, 0.15) is 39.5 Å². The molecule has 5 nitrogen and oxygen atoms in total. The molecule has 0 saturated heterocycles. The molecule has 0 amide bonds. The highest BCUT2D eigenvalue weighted by molar-refractivity contribution is 5.79. The lowest BCUT2D eigenvalue weighted by Gasteiger charge is -2.23. The minimum absolute atomic E-state index is 0.792. The van der Waals surface area contributed by atoms with Crippen LogP contribution in [0.15, 0.2) is 4.99 Å². The molecule has 0 heterocycles. The molecule has 0 unspecified atom stereocenters. The van der Waals surface area contributed by atoms with Crippen molar-refractivity contribution in [3.63, 3.8) is 0 Å². The normalized spacial score (nSPS) is 18.8. The standard InChI is InChI=1S/C17H34N4O/c1-4-18-17(19-10-11-21(5-2)16-8-9-16)20(3)12-13-22-14-15-6-7-15/h15-16H,4-14H2,1-3H3,(H,18,19). The van der Waals surface area contributed by atoms with E-state index in [1.807, 2.05) is 0 Å². The lowest BCUT2D eigenvalue weighted by Crippen LogP contribution is -2.41. The van der Waals surface area contributed by atoms with Gasteiger partial charge in [0.2, 0.25) is 0 Å². The molecule has 2 saturated carbocycles. The maximum atomic E-state index is 5.72. The summed E-state index contributed by atoms with van der Waals surface area (Å²) in [6.45, 7) is 11.0. The molecule has 2 rings (SSSR count). The minimum atomic E-state index is 0.792. The van der Waals surface area contributed by atoms with Gasteiger partial charge in [0.05, 0.1) is 13.2 Å². The van der Waals surface area contributed by atoms with E-state index >= 15 is 0 Å². The molecule has 22 heavy (non-hydrogen) atoms. The van der Waals surface area contributed by atoms with E-state index in [2.05, 4.69) is 36.0 Å². The zero-order valence-corrected chi connectivity index (χ0v) is 14.7.